The van der Waals surface area contributed by atoms with Crippen LogP contribution in [0.2, 0.25) is 0 Å². The van der Waals surface area contributed by atoms with Crippen LogP contribution >= 0.6 is 0 Å². The van der Waals surface area contributed by atoms with Crippen molar-refractivity contribution in [3.63, 3.8) is 0 Å². The summed E-state index contributed by atoms with van der Waals surface area (Å²) in [5, 5.41) is 0.619. The summed E-state index contributed by atoms with van der Waals surface area (Å²) in [5.74, 6) is -0.240. The maximum atomic E-state index is 12.4. The Morgan fingerprint density at radius 3 is 2.50 bits per heavy atom. The number of alkyl halides is 2. The van der Waals surface area contributed by atoms with Gasteiger partial charge in [0.1, 0.15) is 5.60 Å². The van der Waals surface area contributed by atoms with Gasteiger partial charge in [0.05, 0.1) is 5.52 Å². The van der Waals surface area contributed by atoms with Crippen molar-refractivity contribution in [3.8, 4) is 5.88 Å². The number of carbonyl (C=O) groups excluding carboxylic acids is 1. The van der Waals surface area contributed by atoms with E-state index in [9.17, 15) is 13.6 Å². The number of fused-ring (bicyclic) bond motifs is 1. The van der Waals surface area contributed by atoms with E-state index in [0.717, 1.165) is 4.57 Å². The van der Waals surface area contributed by atoms with Crippen molar-refractivity contribution in [3.05, 3.63) is 30.3 Å². The molecule has 1 heterocycles. The Balaban J connectivity index is 2.50. The number of carbonyl (C=O) groups is 1. The number of para-hydroxylation sites is 1. The van der Waals surface area contributed by atoms with Crippen LogP contribution in [-0.2, 0) is 4.74 Å². The zero-order valence-corrected chi connectivity index (χ0v) is 11.4. The van der Waals surface area contributed by atoms with Crippen LogP contribution in [0.25, 0.3) is 10.9 Å². The molecule has 0 aliphatic carbocycles. The molecule has 2 aromatic rings. The summed E-state index contributed by atoms with van der Waals surface area (Å²) in [4.78, 5) is 12.2. The lowest BCUT2D eigenvalue weighted by molar-refractivity contribution is -0.0547. The van der Waals surface area contributed by atoms with Gasteiger partial charge in [-0.1, -0.05) is 18.2 Å². The third-order valence-corrected chi connectivity index (χ3v) is 2.46. The third-order valence-electron chi connectivity index (χ3n) is 2.46. The van der Waals surface area contributed by atoms with Crippen molar-refractivity contribution in [2.75, 3.05) is 0 Å². The topological polar surface area (TPSA) is 40.5 Å². The van der Waals surface area contributed by atoms with Gasteiger partial charge in [-0.15, -0.1) is 0 Å². The average Bonchev–Trinajstić information content (AvgIpc) is 2.63. The number of ether oxygens (including phenoxy) is 2. The summed E-state index contributed by atoms with van der Waals surface area (Å²) in [6.07, 6.45) is -0.755. The molecule has 0 aliphatic rings. The zero-order valence-electron chi connectivity index (χ0n) is 11.4. The van der Waals surface area contributed by atoms with Crippen molar-refractivity contribution in [1.29, 1.82) is 0 Å². The fourth-order valence-electron chi connectivity index (χ4n) is 1.80. The first kappa shape index (κ1) is 14.3. The highest BCUT2D eigenvalue weighted by Gasteiger charge is 2.24. The minimum atomic E-state index is -3.01. The van der Waals surface area contributed by atoms with Crippen LogP contribution in [0.15, 0.2) is 30.3 Å². The molecule has 0 spiro atoms. The Morgan fingerprint density at radius 2 is 1.90 bits per heavy atom. The van der Waals surface area contributed by atoms with E-state index in [4.69, 9.17) is 4.74 Å². The number of aromatic nitrogens is 1. The predicted octanol–water partition coefficient (Wildman–Crippen LogP) is 4.03. The molecule has 4 nitrogen and oxygen atoms in total. The first-order chi connectivity index (χ1) is 9.28. The molecule has 0 unspecified atom stereocenters. The van der Waals surface area contributed by atoms with Gasteiger partial charge in [-0.25, -0.2) is 9.36 Å². The Hall–Kier alpha value is -2.11. The molecule has 6 heteroatoms. The lowest BCUT2D eigenvalue weighted by Gasteiger charge is -2.20. The largest absolute Gasteiger partial charge is 0.443 e. The summed E-state index contributed by atoms with van der Waals surface area (Å²) in [6, 6.07) is 8.17. The molecule has 0 atom stereocenters. The molecular formula is C14H15F2NO3. The van der Waals surface area contributed by atoms with E-state index in [1.165, 1.54) is 6.07 Å². The van der Waals surface area contributed by atoms with E-state index >= 15 is 0 Å². The molecule has 1 aromatic carbocycles. The molecule has 0 saturated carbocycles. The number of nitrogens with zero attached hydrogens (tertiary/aromatic N) is 1. The summed E-state index contributed by atoms with van der Waals surface area (Å²) in [7, 11) is 0. The molecule has 0 radical (unpaired) electrons. The molecule has 0 N–H and O–H groups in total. The van der Waals surface area contributed by atoms with Crippen LogP contribution < -0.4 is 4.74 Å². The molecule has 0 fully saturated rings. The Bertz CT molecular complexity index is 629. The smallest absolute Gasteiger partial charge is 0.421 e. The van der Waals surface area contributed by atoms with E-state index in [1.807, 2.05) is 0 Å². The Morgan fingerprint density at radius 1 is 1.25 bits per heavy atom. The first-order valence-corrected chi connectivity index (χ1v) is 6.06. The lowest BCUT2D eigenvalue weighted by Crippen LogP contribution is -2.27. The molecule has 1 aromatic heterocycles. The summed E-state index contributed by atoms with van der Waals surface area (Å²) >= 11 is 0. The number of hydrogen-bond donors (Lipinski definition) is 0. The minimum Gasteiger partial charge on any atom is -0.443 e. The van der Waals surface area contributed by atoms with E-state index in [2.05, 4.69) is 4.74 Å². The minimum absolute atomic E-state index is 0.240. The maximum absolute atomic E-state index is 12.4. The van der Waals surface area contributed by atoms with E-state index < -0.39 is 18.3 Å². The maximum Gasteiger partial charge on any atom is 0.421 e. The van der Waals surface area contributed by atoms with Crippen LogP contribution in [0.4, 0.5) is 13.6 Å². The van der Waals surface area contributed by atoms with Crippen LogP contribution in [0.3, 0.4) is 0 Å². The van der Waals surface area contributed by atoms with Gasteiger partial charge in [-0.3, -0.25) is 0 Å². The number of rotatable bonds is 2. The quantitative estimate of drug-likeness (QED) is 0.835. The third kappa shape index (κ3) is 3.07. The fraction of sp³-hybridized carbons (Fsp3) is 0.357. The van der Waals surface area contributed by atoms with Crippen LogP contribution in [0.5, 0.6) is 5.88 Å². The summed E-state index contributed by atoms with van der Waals surface area (Å²) in [5.41, 5.74) is -0.276. The second-order valence-corrected chi connectivity index (χ2v) is 5.24. The highest BCUT2D eigenvalue weighted by atomic mass is 19.3. The molecule has 0 saturated heterocycles. The Labute approximate surface area is 114 Å². The zero-order chi connectivity index (χ0) is 14.9. The van der Waals surface area contributed by atoms with Crippen LogP contribution in [0, 0.1) is 0 Å². The first-order valence-electron chi connectivity index (χ1n) is 6.06. The Kier molecular flexibility index (Phi) is 3.65. The molecule has 20 heavy (non-hydrogen) atoms. The van der Waals surface area contributed by atoms with Crippen molar-refractivity contribution in [2.24, 2.45) is 0 Å². The van der Waals surface area contributed by atoms with Gasteiger partial charge in [0, 0.05) is 11.5 Å². The second kappa shape index (κ2) is 5.11. The van der Waals surface area contributed by atoms with Gasteiger partial charge in [0.15, 0.2) is 0 Å². The highest BCUT2D eigenvalue weighted by molar-refractivity contribution is 5.92. The summed E-state index contributed by atoms with van der Waals surface area (Å²) in [6.45, 7) is 2.08. The average molecular weight is 283 g/mol. The van der Waals surface area contributed by atoms with E-state index in [-0.39, 0.29) is 5.88 Å². The molecule has 2 rings (SSSR count). The highest BCUT2D eigenvalue weighted by Crippen LogP contribution is 2.27. The van der Waals surface area contributed by atoms with Crippen molar-refractivity contribution in [2.45, 2.75) is 33.0 Å². The van der Waals surface area contributed by atoms with Gasteiger partial charge in [-0.2, -0.15) is 8.78 Å². The second-order valence-electron chi connectivity index (χ2n) is 5.24. The fourth-order valence-corrected chi connectivity index (χ4v) is 1.80. The molecule has 0 bridgehead atoms. The van der Waals surface area contributed by atoms with Gasteiger partial charge in [-0.05, 0) is 26.8 Å². The monoisotopic (exact) mass is 283 g/mol. The molecule has 0 amide bonds. The SMILES string of the molecule is CC(C)(C)OC(=O)n1c(OC(F)F)cc2ccccc21. The normalized spacial score (nSPS) is 11.9. The van der Waals surface area contributed by atoms with E-state index in [1.54, 1.807) is 45.0 Å². The van der Waals surface area contributed by atoms with Crippen LogP contribution in [0.1, 0.15) is 20.8 Å². The van der Waals surface area contributed by atoms with Crippen LogP contribution in [-0.4, -0.2) is 22.9 Å². The predicted molar refractivity (Wildman–Crippen MR) is 70.2 cm³/mol. The summed E-state index contributed by atoms with van der Waals surface area (Å²) < 4.78 is 35.5. The number of benzene rings is 1. The van der Waals surface area contributed by atoms with Gasteiger partial charge >= 0.3 is 12.7 Å². The number of halogens is 2. The van der Waals surface area contributed by atoms with Gasteiger partial charge in [0.2, 0.25) is 5.88 Å². The number of hydrogen-bond acceptors (Lipinski definition) is 3. The molecule has 0 aliphatic heterocycles. The van der Waals surface area contributed by atoms with E-state index in [0.29, 0.717) is 10.9 Å². The van der Waals surface area contributed by atoms with Gasteiger partial charge in [0.25, 0.3) is 0 Å². The molecular weight excluding hydrogens is 268 g/mol. The lowest BCUT2D eigenvalue weighted by atomic mass is 10.2. The van der Waals surface area contributed by atoms with Crippen molar-refractivity contribution >= 4 is 17.0 Å². The molecule has 108 valence electrons. The van der Waals surface area contributed by atoms with Gasteiger partial charge < -0.3 is 9.47 Å². The van der Waals surface area contributed by atoms with Crippen molar-refractivity contribution in [1.82, 2.24) is 4.57 Å². The standard InChI is InChI=1S/C14H15F2NO3/c1-14(2,3)20-13(18)17-10-7-5-4-6-9(10)8-11(17)19-12(15)16/h4-8,12H,1-3H3. The van der Waals surface area contributed by atoms with Crippen molar-refractivity contribution < 1.29 is 23.0 Å².